The first-order valence-corrected chi connectivity index (χ1v) is 7.99. The van der Waals surface area contributed by atoms with Crippen molar-refractivity contribution in [1.29, 1.82) is 0 Å². The molecular weight excluding hydrogens is 248 g/mol. The molecule has 2 fully saturated rings. The first-order valence-electron chi connectivity index (χ1n) is 7.99. The fourth-order valence-electron chi connectivity index (χ4n) is 3.46. The Morgan fingerprint density at radius 3 is 2.35 bits per heavy atom. The molecule has 3 N–H and O–H groups in total. The molecule has 3 nitrogen and oxygen atoms in total. The molecular formula is C17H26N2O. The van der Waals surface area contributed by atoms with Gasteiger partial charge in [0.1, 0.15) is 5.75 Å². The predicted molar refractivity (Wildman–Crippen MR) is 81.9 cm³/mol. The van der Waals surface area contributed by atoms with E-state index in [0.29, 0.717) is 12.1 Å². The number of ether oxygens (including phenoxy) is 1. The number of benzene rings is 1. The maximum absolute atomic E-state index is 6.05. The molecule has 0 aliphatic heterocycles. The molecule has 2 saturated carbocycles. The van der Waals surface area contributed by atoms with Gasteiger partial charge in [-0.15, -0.1) is 0 Å². The number of rotatable bonds is 5. The van der Waals surface area contributed by atoms with Crippen LogP contribution in [0.5, 0.6) is 5.75 Å². The van der Waals surface area contributed by atoms with Gasteiger partial charge in [-0.1, -0.05) is 18.2 Å². The van der Waals surface area contributed by atoms with Crippen LogP contribution in [0.15, 0.2) is 30.3 Å². The van der Waals surface area contributed by atoms with Gasteiger partial charge < -0.3 is 15.8 Å². The average molecular weight is 274 g/mol. The zero-order valence-corrected chi connectivity index (χ0v) is 12.2. The lowest BCUT2D eigenvalue weighted by Gasteiger charge is -2.46. The highest BCUT2D eigenvalue weighted by Crippen LogP contribution is 2.33. The van der Waals surface area contributed by atoms with Crippen molar-refractivity contribution in [2.45, 2.75) is 62.6 Å². The summed E-state index contributed by atoms with van der Waals surface area (Å²) in [6, 6.07) is 10.8. The Balaban J connectivity index is 1.45. The third-order valence-corrected chi connectivity index (χ3v) is 4.93. The lowest BCUT2D eigenvalue weighted by Crippen LogP contribution is -2.60. The third-order valence-electron chi connectivity index (χ3n) is 4.93. The van der Waals surface area contributed by atoms with Gasteiger partial charge in [0, 0.05) is 18.1 Å². The second-order valence-corrected chi connectivity index (χ2v) is 6.39. The Kier molecular flexibility index (Phi) is 4.27. The van der Waals surface area contributed by atoms with Crippen molar-refractivity contribution < 1.29 is 4.74 Å². The lowest BCUT2D eigenvalue weighted by molar-refractivity contribution is 0.107. The van der Waals surface area contributed by atoms with Crippen molar-refractivity contribution in [2.75, 3.05) is 6.54 Å². The molecule has 0 aromatic heterocycles. The molecule has 1 aromatic carbocycles. The molecule has 0 amide bonds. The maximum atomic E-state index is 6.05. The lowest BCUT2D eigenvalue weighted by atomic mass is 9.75. The summed E-state index contributed by atoms with van der Waals surface area (Å²) >= 11 is 0. The minimum atomic E-state index is 0.262. The summed E-state index contributed by atoms with van der Waals surface area (Å²) < 4.78 is 6.05. The normalized spacial score (nSPS) is 28.6. The highest BCUT2D eigenvalue weighted by atomic mass is 16.5. The van der Waals surface area contributed by atoms with Crippen molar-refractivity contribution in [3.63, 3.8) is 0 Å². The summed E-state index contributed by atoms with van der Waals surface area (Å²) in [4.78, 5) is 0. The van der Waals surface area contributed by atoms with Crippen molar-refractivity contribution in [2.24, 2.45) is 5.73 Å². The van der Waals surface area contributed by atoms with Gasteiger partial charge in [0.2, 0.25) is 0 Å². The summed E-state index contributed by atoms with van der Waals surface area (Å²) in [6.45, 7) is 0.785. The van der Waals surface area contributed by atoms with E-state index < -0.39 is 0 Å². The van der Waals surface area contributed by atoms with Crippen LogP contribution >= 0.6 is 0 Å². The molecule has 0 bridgehead atoms. The molecule has 0 spiro atoms. The molecule has 2 aliphatic rings. The summed E-state index contributed by atoms with van der Waals surface area (Å²) in [7, 11) is 0. The molecule has 2 aliphatic carbocycles. The van der Waals surface area contributed by atoms with Gasteiger partial charge in [0.25, 0.3) is 0 Å². The van der Waals surface area contributed by atoms with E-state index in [0.717, 1.165) is 25.1 Å². The Morgan fingerprint density at radius 2 is 1.80 bits per heavy atom. The van der Waals surface area contributed by atoms with Gasteiger partial charge in [-0.2, -0.15) is 0 Å². The summed E-state index contributed by atoms with van der Waals surface area (Å²) in [5, 5.41) is 3.82. The van der Waals surface area contributed by atoms with Crippen LogP contribution in [0.2, 0.25) is 0 Å². The van der Waals surface area contributed by atoms with Gasteiger partial charge in [-0.3, -0.25) is 0 Å². The molecule has 0 saturated heterocycles. The van der Waals surface area contributed by atoms with Crippen LogP contribution in [0.4, 0.5) is 0 Å². The summed E-state index contributed by atoms with van der Waals surface area (Å²) in [5.74, 6) is 1.00. The quantitative estimate of drug-likeness (QED) is 0.868. The fraction of sp³-hybridized carbons (Fsp3) is 0.647. The van der Waals surface area contributed by atoms with Crippen molar-refractivity contribution >= 4 is 0 Å². The van der Waals surface area contributed by atoms with Crippen LogP contribution in [0.25, 0.3) is 0 Å². The van der Waals surface area contributed by atoms with Crippen LogP contribution in [-0.4, -0.2) is 24.2 Å². The van der Waals surface area contributed by atoms with Crippen molar-refractivity contribution in [3.8, 4) is 5.75 Å². The molecule has 3 rings (SSSR count). The molecule has 20 heavy (non-hydrogen) atoms. The van der Waals surface area contributed by atoms with Crippen LogP contribution in [0.1, 0.15) is 44.9 Å². The molecule has 0 atom stereocenters. The third kappa shape index (κ3) is 3.15. The van der Waals surface area contributed by atoms with Gasteiger partial charge in [0.15, 0.2) is 0 Å². The Morgan fingerprint density at radius 1 is 1.10 bits per heavy atom. The standard InChI is InChI=1S/C17H26N2O/c18-13-17(11-4-12-17)19-14-7-9-16(10-8-14)20-15-5-2-1-3-6-15/h1-3,5-6,14,16,19H,4,7-13,18H2/t14-,16-. The first kappa shape index (κ1) is 13.9. The second kappa shape index (κ2) is 6.15. The molecule has 110 valence electrons. The van der Waals surface area contributed by atoms with E-state index in [1.54, 1.807) is 0 Å². The first-order chi connectivity index (χ1) is 9.80. The Bertz CT molecular complexity index is 403. The van der Waals surface area contributed by atoms with E-state index in [2.05, 4.69) is 5.32 Å². The van der Waals surface area contributed by atoms with Gasteiger partial charge in [-0.25, -0.2) is 0 Å². The van der Waals surface area contributed by atoms with Crippen LogP contribution < -0.4 is 15.8 Å². The van der Waals surface area contributed by atoms with E-state index in [4.69, 9.17) is 10.5 Å². The van der Waals surface area contributed by atoms with E-state index in [9.17, 15) is 0 Å². The number of nitrogens with two attached hydrogens (primary N) is 1. The predicted octanol–water partition coefficient (Wildman–Crippen LogP) is 2.85. The van der Waals surface area contributed by atoms with Crippen LogP contribution in [0, 0.1) is 0 Å². The van der Waals surface area contributed by atoms with E-state index in [1.165, 1.54) is 32.1 Å². The minimum absolute atomic E-state index is 0.262. The van der Waals surface area contributed by atoms with Crippen LogP contribution in [-0.2, 0) is 0 Å². The average Bonchev–Trinajstić information content (AvgIpc) is 2.46. The van der Waals surface area contributed by atoms with Gasteiger partial charge in [-0.05, 0) is 57.1 Å². The van der Waals surface area contributed by atoms with E-state index in [-0.39, 0.29) is 5.54 Å². The Hall–Kier alpha value is -1.06. The highest BCUT2D eigenvalue weighted by Gasteiger charge is 2.37. The second-order valence-electron chi connectivity index (χ2n) is 6.39. The molecule has 3 heteroatoms. The van der Waals surface area contributed by atoms with Crippen LogP contribution in [0.3, 0.4) is 0 Å². The van der Waals surface area contributed by atoms with Gasteiger partial charge >= 0.3 is 0 Å². The van der Waals surface area contributed by atoms with E-state index >= 15 is 0 Å². The van der Waals surface area contributed by atoms with E-state index in [1.807, 2.05) is 30.3 Å². The number of nitrogens with one attached hydrogen (secondary N) is 1. The largest absolute Gasteiger partial charge is 0.490 e. The Labute approximate surface area is 121 Å². The smallest absolute Gasteiger partial charge is 0.119 e. The monoisotopic (exact) mass is 274 g/mol. The highest BCUT2D eigenvalue weighted by molar-refractivity contribution is 5.21. The molecule has 0 heterocycles. The van der Waals surface area contributed by atoms with Crippen molar-refractivity contribution in [1.82, 2.24) is 5.32 Å². The van der Waals surface area contributed by atoms with Gasteiger partial charge in [0.05, 0.1) is 6.10 Å². The zero-order valence-electron chi connectivity index (χ0n) is 12.2. The topological polar surface area (TPSA) is 47.3 Å². The SMILES string of the molecule is NCC1(N[C@H]2CC[C@H](Oc3ccccc3)CC2)CCC1. The summed E-state index contributed by atoms with van der Waals surface area (Å²) in [5.41, 5.74) is 6.19. The minimum Gasteiger partial charge on any atom is -0.490 e. The number of hydrogen-bond donors (Lipinski definition) is 2. The molecule has 1 aromatic rings. The number of hydrogen-bond acceptors (Lipinski definition) is 3. The summed E-state index contributed by atoms with van der Waals surface area (Å²) in [6.07, 6.45) is 8.93. The molecule has 0 radical (unpaired) electrons. The molecule has 0 unspecified atom stereocenters. The zero-order chi connectivity index (χ0) is 13.8. The fourth-order valence-corrected chi connectivity index (χ4v) is 3.46. The number of para-hydroxylation sites is 1. The maximum Gasteiger partial charge on any atom is 0.119 e. The van der Waals surface area contributed by atoms with Crippen molar-refractivity contribution in [3.05, 3.63) is 30.3 Å².